The number of hydrogen-bond acceptors (Lipinski definition) is 12. The first kappa shape index (κ1) is 47.0. The zero-order valence-electron chi connectivity index (χ0n) is 41.0. The smallest absolute Gasteiger partial charge is 0.319 e. The second-order valence-corrected chi connectivity index (χ2v) is 23.0. The highest BCUT2D eigenvalue weighted by Gasteiger charge is 2.59. The summed E-state index contributed by atoms with van der Waals surface area (Å²) in [6.45, 7) is 7.65. The molecule has 9 aliphatic rings. The first-order chi connectivity index (χ1) is 35.1. The van der Waals surface area contributed by atoms with Crippen LogP contribution in [0.4, 0.5) is 33.5 Å². The molecule has 5 atom stereocenters. The van der Waals surface area contributed by atoms with Gasteiger partial charge in [0.2, 0.25) is 11.8 Å². The van der Waals surface area contributed by atoms with Gasteiger partial charge in [0.05, 0.1) is 17.9 Å². The van der Waals surface area contributed by atoms with Crippen molar-refractivity contribution >= 4 is 45.0 Å². The van der Waals surface area contributed by atoms with E-state index in [0.29, 0.717) is 91.8 Å². The molecule has 3 N–H and O–H groups in total. The number of anilines is 2. The number of carbonyl (C=O) groups excluding carboxylic acids is 2. The predicted molar refractivity (Wildman–Crippen MR) is 264 cm³/mol. The number of piperidine rings is 3. The number of aromatic nitrogens is 3. The lowest BCUT2D eigenvalue weighted by Crippen LogP contribution is -2.72. The van der Waals surface area contributed by atoms with Crippen LogP contribution >= 0.6 is 0 Å². The molecule has 384 valence electrons. The third-order valence-corrected chi connectivity index (χ3v) is 18.1. The molecular formula is C55H60F5N9O4. The van der Waals surface area contributed by atoms with Gasteiger partial charge in [-0.3, -0.25) is 29.7 Å². The lowest BCUT2D eigenvalue weighted by molar-refractivity contribution is -0.150. The second kappa shape index (κ2) is 17.4. The Bertz CT molecular complexity index is 3040. The molecule has 7 aliphatic heterocycles. The number of halogens is 5. The normalized spacial score (nSPS) is 27.1. The van der Waals surface area contributed by atoms with E-state index in [1.54, 1.807) is 18.3 Å². The van der Waals surface area contributed by atoms with Crippen LogP contribution in [0.2, 0.25) is 0 Å². The standard InChI is InChI=1S/C55H60F5N9O4/c1-2-37-41(56)7-3-30-15-36(70)19-39(45(30)37)48-47(59)49-40(20-61-48)50(68-21-31-4-5-32(22-68)62-31)65-52(64-49)73-29-54(9-10-54)27-66-23-34-16-35(24-66)69(34)28-55(60)25-53(26-55)11-13-67(14-12-53)33-17-42(57)46(43(58)18-33)38-6-8-44(71)63-51(38)72/h3,7,15,17-20,31-32,34-35,38,62,70H,2,4-6,8-14,16,21-29H2,1H3,(H,63,71,72). The molecule has 2 saturated carbocycles. The van der Waals surface area contributed by atoms with Crippen molar-refractivity contribution in [1.29, 1.82) is 0 Å². The van der Waals surface area contributed by atoms with Gasteiger partial charge in [-0.2, -0.15) is 9.97 Å². The minimum absolute atomic E-state index is 0.0302. The van der Waals surface area contributed by atoms with Crippen LogP contribution in [0.5, 0.6) is 11.8 Å². The monoisotopic (exact) mass is 1010 g/mol. The van der Waals surface area contributed by atoms with E-state index in [9.17, 15) is 14.7 Å². The number of rotatable bonds is 12. The summed E-state index contributed by atoms with van der Waals surface area (Å²) < 4.78 is 86.2. The Morgan fingerprint density at radius 1 is 0.849 bits per heavy atom. The van der Waals surface area contributed by atoms with E-state index in [1.807, 2.05) is 11.8 Å². The fourth-order valence-corrected chi connectivity index (χ4v) is 14.3. The Morgan fingerprint density at radius 2 is 1.58 bits per heavy atom. The number of nitrogens with zero attached hydrogens (tertiary/aromatic N) is 7. The topological polar surface area (TPSA) is 139 Å². The molecular weight excluding hydrogens is 946 g/mol. The van der Waals surface area contributed by atoms with E-state index in [-0.39, 0.29) is 81.9 Å². The number of pyridine rings is 1. The number of benzene rings is 3. The summed E-state index contributed by atoms with van der Waals surface area (Å²) in [5, 5.41) is 18.1. The van der Waals surface area contributed by atoms with E-state index in [1.165, 1.54) is 24.3 Å². The van der Waals surface area contributed by atoms with Crippen LogP contribution in [0, 0.1) is 34.1 Å². The molecule has 2 aromatic heterocycles. The minimum Gasteiger partial charge on any atom is -0.508 e. The SMILES string of the molecule is CCc1c(F)ccc2cc(O)cc(-c3ncc4c(N5CC6CCC(C5)N6)nc(OCC5(CN6CC7CC(C6)N7CC6(F)CC7(CCN(c8cc(F)c(C9CCC(=O)NC9=O)c(F)c8)CC7)C6)CC5)nc4c3F)c12. The third kappa shape index (κ3) is 8.33. The molecule has 4 bridgehead atoms. The van der Waals surface area contributed by atoms with Gasteiger partial charge in [-0.25, -0.2) is 22.0 Å². The number of nitrogens with one attached hydrogen (secondary N) is 2. The minimum atomic E-state index is -1.28. The van der Waals surface area contributed by atoms with E-state index in [4.69, 9.17) is 14.7 Å². The van der Waals surface area contributed by atoms with E-state index in [2.05, 4.69) is 30.3 Å². The molecule has 1 spiro atoms. The van der Waals surface area contributed by atoms with Crippen molar-refractivity contribution in [3.63, 3.8) is 0 Å². The molecule has 3 aromatic carbocycles. The predicted octanol–water partition coefficient (Wildman–Crippen LogP) is 7.84. The Labute approximate surface area is 419 Å². The first-order valence-corrected chi connectivity index (χ1v) is 26.3. The number of carbonyl (C=O) groups is 2. The molecule has 9 heterocycles. The number of aromatic hydroxyl groups is 1. The number of piperazine rings is 2. The van der Waals surface area contributed by atoms with Crippen molar-refractivity contribution in [2.24, 2.45) is 10.8 Å². The molecule has 5 aromatic rings. The van der Waals surface area contributed by atoms with Crippen LogP contribution < -0.4 is 25.2 Å². The number of amides is 2. The molecule has 9 fully saturated rings. The molecule has 5 unspecified atom stereocenters. The zero-order chi connectivity index (χ0) is 50.1. The maximum absolute atomic E-state index is 17.2. The maximum atomic E-state index is 17.2. The number of aryl methyl sites for hydroxylation is 1. The maximum Gasteiger partial charge on any atom is 0.319 e. The number of ether oxygens (including phenoxy) is 1. The van der Waals surface area contributed by atoms with Gasteiger partial charge in [0.1, 0.15) is 45.9 Å². The van der Waals surface area contributed by atoms with Crippen LogP contribution in [-0.2, 0) is 16.0 Å². The number of alkyl halides is 1. The second-order valence-electron chi connectivity index (χ2n) is 23.0. The van der Waals surface area contributed by atoms with Crippen molar-refractivity contribution in [3.8, 4) is 23.0 Å². The number of phenolic OH excluding ortho intramolecular Hbond substituents is 1. The Hall–Kier alpha value is -5.72. The quantitative estimate of drug-likeness (QED) is 0.0830. The van der Waals surface area contributed by atoms with Gasteiger partial charge >= 0.3 is 6.01 Å². The van der Waals surface area contributed by atoms with Crippen LogP contribution in [0.25, 0.3) is 32.9 Å². The lowest BCUT2D eigenvalue weighted by Gasteiger charge is -2.62. The lowest BCUT2D eigenvalue weighted by atomic mass is 9.55. The Morgan fingerprint density at radius 3 is 2.26 bits per heavy atom. The molecule has 2 aliphatic carbocycles. The summed E-state index contributed by atoms with van der Waals surface area (Å²) in [6, 6.07) is 9.69. The van der Waals surface area contributed by atoms with E-state index >= 15 is 22.0 Å². The number of imide groups is 1. The first-order valence-electron chi connectivity index (χ1n) is 26.3. The largest absolute Gasteiger partial charge is 0.508 e. The van der Waals surface area contributed by atoms with Crippen LogP contribution in [-0.4, -0.2) is 130 Å². The van der Waals surface area contributed by atoms with Gasteiger partial charge in [-0.15, -0.1) is 0 Å². The summed E-state index contributed by atoms with van der Waals surface area (Å²) in [6.07, 6.45) is 9.54. The van der Waals surface area contributed by atoms with Crippen LogP contribution in [0.15, 0.2) is 42.6 Å². The van der Waals surface area contributed by atoms with Gasteiger partial charge in [0, 0.05) is 111 Å². The average molecular weight is 1010 g/mol. The highest BCUT2D eigenvalue weighted by Crippen LogP contribution is 2.58. The van der Waals surface area contributed by atoms with E-state index < -0.39 is 46.7 Å². The van der Waals surface area contributed by atoms with Crippen LogP contribution in [0.1, 0.15) is 94.6 Å². The van der Waals surface area contributed by atoms with Gasteiger partial charge in [0.15, 0.2) is 5.82 Å². The average Bonchev–Trinajstić information content (AvgIpc) is 4.04. The highest BCUT2D eigenvalue weighted by molar-refractivity contribution is 6.02. The molecule has 7 saturated heterocycles. The van der Waals surface area contributed by atoms with Crippen molar-refractivity contribution < 1.29 is 41.4 Å². The van der Waals surface area contributed by atoms with Gasteiger partial charge < -0.3 is 25.0 Å². The molecule has 18 heteroatoms. The summed E-state index contributed by atoms with van der Waals surface area (Å²) >= 11 is 0. The van der Waals surface area contributed by atoms with Crippen molar-refractivity contribution in [1.82, 2.24) is 35.4 Å². The zero-order valence-corrected chi connectivity index (χ0v) is 41.0. The van der Waals surface area contributed by atoms with Crippen molar-refractivity contribution in [2.75, 3.05) is 68.8 Å². The summed E-state index contributed by atoms with van der Waals surface area (Å²) in [7, 11) is 0. The summed E-state index contributed by atoms with van der Waals surface area (Å²) in [5.41, 5.74) is -0.707. The summed E-state index contributed by atoms with van der Waals surface area (Å²) in [4.78, 5) is 47.3. The number of phenols is 1. The van der Waals surface area contributed by atoms with Gasteiger partial charge in [-0.1, -0.05) is 13.0 Å². The van der Waals surface area contributed by atoms with E-state index in [0.717, 1.165) is 64.6 Å². The van der Waals surface area contributed by atoms with Gasteiger partial charge in [0.25, 0.3) is 0 Å². The summed E-state index contributed by atoms with van der Waals surface area (Å²) in [5.74, 6) is -4.38. The molecule has 14 rings (SSSR count). The highest BCUT2D eigenvalue weighted by atomic mass is 19.2. The van der Waals surface area contributed by atoms with Crippen molar-refractivity contribution in [2.45, 2.75) is 120 Å². The Balaban J connectivity index is 0.656. The molecule has 2 amide bonds. The fourth-order valence-electron chi connectivity index (χ4n) is 14.3. The Kier molecular flexibility index (Phi) is 11.2. The van der Waals surface area contributed by atoms with Crippen molar-refractivity contribution in [3.05, 3.63) is 77.0 Å². The van der Waals surface area contributed by atoms with Gasteiger partial charge in [-0.05, 0) is 123 Å². The molecule has 0 radical (unpaired) electrons. The number of hydrogen-bond donors (Lipinski definition) is 3. The fraction of sp³-hybridized carbons (Fsp3) is 0.545. The molecule has 73 heavy (non-hydrogen) atoms. The molecule has 13 nitrogen and oxygen atoms in total. The number of fused-ring (bicyclic) bond motifs is 6. The third-order valence-electron chi connectivity index (χ3n) is 18.1. The van der Waals surface area contributed by atoms with Crippen LogP contribution in [0.3, 0.4) is 0 Å².